The molecule has 0 amide bonds. The Kier molecular flexibility index (Phi) is 4.10. The summed E-state index contributed by atoms with van der Waals surface area (Å²) >= 11 is 1.33. The van der Waals surface area contributed by atoms with E-state index in [0.717, 1.165) is 27.4 Å². The van der Waals surface area contributed by atoms with Gasteiger partial charge in [-0.3, -0.25) is 0 Å². The Bertz CT molecular complexity index is 1260. The Morgan fingerprint density at radius 3 is 2.64 bits per heavy atom. The summed E-state index contributed by atoms with van der Waals surface area (Å²) < 4.78 is 7.55. The molecular formula is C20H14N6OS. The fourth-order valence-electron chi connectivity index (χ4n) is 2.88. The van der Waals surface area contributed by atoms with E-state index in [1.165, 1.54) is 18.1 Å². The van der Waals surface area contributed by atoms with E-state index in [1.807, 2.05) is 67.6 Å². The van der Waals surface area contributed by atoms with Crippen LogP contribution in [0.4, 0.5) is 0 Å². The van der Waals surface area contributed by atoms with Crippen LogP contribution in [0.25, 0.3) is 28.5 Å². The molecule has 28 heavy (non-hydrogen) atoms. The predicted octanol–water partition coefficient (Wildman–Crippen LogP) is 4.30. The Morgan fingerprint density at radius 2 is 1.79 bits per heavy atom. The normalized spacial score (nSPS) is 11.2. The average molecular weight is 386 g/mol. The number of benzene rings is 2. The molecule has 0 spiro atoms. The molecule has 0 saturated carbocycles. The van der Waals surface area contributed by atoms with Crippen LogP contribution in [0.5, 0.6) is 0 Å². The zero-order valence-corrected chi connectivity index (χ0v) is 15.7. The second kappa shape index (κ2) is 6.90. The van der Waals surface area contributed by atoms with Crippen LogP contribution >= 0.6 is 11.8 Å². The van der Waals surface area contributed by atoms with Crippen molar-refractivity contribution in [2.75, 3.05) is 0 Å². The minimum absolute atomic E-state index is 0.431. The summed E-state index contributed by atoms with van der Waals surface area (Å²) in [7, 11) is 0. The highest BCUT2D eigenvalue weighted by Crippen LogP contribution is 2.32. The summed E-state index contributed by atoms with van der Waals surface area (Å²) in [6, 6.07) is 19.8. The van der Waals surface area contributed by atoms with Crippen LogP contribution in [0, 0.1) is 6.92 Å². The minimum atomic E-state index is 0.431. The van der Waals surface area contributed by atoms with Crippen LogP contribution in [-0.4, -0.2) is 29.8 Å². The highest BCUT2D eigenvalue weighted by molar-refractivity contribution is 7.99. The second-order valence-electron chi connectivity index (χ2n) is 6.11. The molecule has 0 radical (unpaired) electrons. The number of hydrogen-bond donors (Lipinski definition) is 0. The fourth-order valence-corrected chi connectivity index (χ4v) is 3.64. The number of aromatic nitrogens is 6. The number of aryl methyl sites for hydroxylation is 1. The van der Waals surface area contributed by atoms with Crippen LogP contribution in [0.2, 0.25) is 0 Å². The molecule has 3 heterocycles. The molecular weight excluding hydrogens is 372 g/mol. The van der Waals surface area contributed by atoms with E-state index in [9.17, 15) is 0 Å². The molecule has 0 aliphatic carbocycles. The van der Waals surface area contributed by atoms with Crippen molar-refractivity contribution in [1.82, 2.24) is 29.8 Å². The SMILES string of the molecule is Cc1ccccc1-c1nnc(Sc2cc(-c3ccccc3)nc3ncnn23)o1. The topological polar surface area (TPSA) is 82.0 Å². The first-order valence-electron chi connectivity index (χ1n) is 8.61. The molecule has 0 saturated heterocycles. The third kappa shape index (κ3) is 3.03. The molecule has 5 rings (SSSR count). The lowest BCUT2D eigenvalue weighted by Crippen LogP contribution is -1.97. The predicted molar refractivity (Wildman–Crippen MR) is 105 cm³/mol. The van der Waals surface area contributed by atoms with E-state index < -0.39 is 0 Å². The highest BCUT2D eigenvalue weighted by atomic mass is 32.2. The number of hydrogen-bond acceptors (Lipinski definition) is 7. The molecule has 0 atom stereocenters. The van der Waals surface area contributed by atoms with Gasteiger partial charge in [0.05, 0.1) is 5.69 Å². The number of fused-ring (bicyclic) bond motifs is 1. The van der Waals surface area contributed by atoms with Crippen molar-refractivity contribution in [3.8, 4) is 22.7 Å². The Morgan fingerprint density at radius 1 is 0.964 bits per heavy atom. The summed E-state index contributed by atoms with van der Waals surface area (Å²) in [4.78, 5) is 8.81. The molecule has 5 aromatic rings. The van der Waals surface area contributed by atoms with Gasteiger partial charge in [0.25, 0.3) is 11.0 Å². The average Bonchev–Trinajstić information content (AvgIpc) is 3.38. The van der Waals surface area contributed by atoms with Crippen molar-refractivity contribution in [3.05, 3.63) is 72.6 Å². The van der Waals surface area contributed by atoms with Gasteiger partial charge >= 0.3 is 0 Å². The molecule has 0 aliphatic rings. The maximum absolute atomic E-state index is 5.88. The van der Waals surface area contributed by atoms with Gasteiger partial charge in [-0.1, -0.05) is 48.5 Å². The smallest absolute Gasteiger partial charge is 0.283 e. The van der Waals surface area contributed by atoms with Gasteiger partial charge in [0, 0.05) is 11.1 Å². The van der Waals surface area contributed by atoms with Crippen molar-refractivity contribution in [2.45, 2.75) is 17.2 Å². The maximum Gasteiger partial charge on any atom is 0.283 e. The van der Waals surface area contributed by atoms with Crippen molar-refractivity contribution in [1.29, 1.82) is 0 Å². The van der Waals surface area contributed by atoms with Crippen LogP contribution in [0.15, 0.2) is 81.7 Å². The first-order chi connectivity index (χ1) is 13.8. The Balaban J connectivity index is 1.54. The monoisotopic (exact) mass is 386 g/mol. The first kappa shape index (κ1) is 16.6. The third-order valence-electron chi connectivity index (χ3n) is 4.26. The molecule has 0 fully saturated rings. The van der Waals surface area contributed by atoms with Gasteiger partial charge in [0.1, 0.15) is 11.4 Å². The summed E-state index contributed by atoms with van der Waals surface area (Å²) in [6.07, 6.45) is 1.48. The van der Waals surface area contributed by atoms with E-state index in [2.05, 4.69) is 25.3 Å². The zero-order chi connectivity index (χ0) is 18.9. The Hall–Kier alpha value is -3.52. The van der Waals surface area contributed by atoms with Crippen molar-refractivity contribution >= 4 is 17.5 Å². The van der Waals surface area contributed by atoms with E-state index in [0.29, 0.717) is 16.9 Å². The third-order valence-corrected chi connectivity index (χ3v) is 5.10. The molecule has 2 aromatic carbocycles. The molecule has 136 valence electrons. The van der Waals surface area contributed by atoms with E-state index >= 15 is 0 Å². The quantitative estimate of drug-likeness (QED) is 0.426. The second-order valence-corrected chi connectivity index (χ2v) is 7.08. The zero-order valence-electron chi connectivity index (χ0n) is 14.9. The van der Waals surface area contributed by atoms with Gasteiger partial charge in [-0.25, -0.2) is 4.98 Å². The van der Waals surface area contributed by atoms with Gasteiger partial charge in [-0.05, 0) is 36.4 Å². The van der Waals surface area contributed by atoms with E-state index in [4.69, 9.17) is 4.42 Å². The summed E-state index contributed by atoms with van der Waals surface area (Å²) in [5, 5.41) is 13.9. The molecule has 0 bridgehead atoms. The summed E-state index contributed by atoms with van der Waals surface area (Å²) in [6.45, 7) is 2.01. The van der Waals surface area contributed by atoms with Gasteiger partial charge in [-0.2, -0.15) is 14.6 Å². The lowest BCUT2D eigenvalue weighted by Gasteiger charge is -2.05. The van der Waals surface area contributed by atoms with Gasteiger partial charge in [0.15, 0.2) is 0 Å². The first-order valence-corrected chi connectivity index (χ1v) is 9.43. The van der Waals surface area contributed by atoms with Crippen molar-refractivity contribution < 1.29 is 4.42 Å². The van der Waals surface area contributed by atoms with Crippen LogP contribution < -0.4 is 0 Å². The minimum Gasteiger partial charge on any atom is -0.411 e. The lowest BCUT2D eigenvalue weighted by molar-refractivity contribution is 0.465. The number of nitrogens with zero attached hydrogens (tertiary/aromatic N) is 6. The molecule has 0 aliphatic heterocycles. The Labute approximate surface area is 164 Å². The van der Waals surface area contributed by atoms with Gasteiger partial charge < -0.3 is 4.42 Å². The largest absolute Gasteiger partial charge is 0.411 e. The van der Waals surface area contributed by atoms with Crippen LogP contribution in [0.3, 0.4) is 0 Å². The van der Waals surface area contributed by atoms with E-state index in [1.54, 1.807) is 4.52 Å². The van der Waals surface area contributed by atoms with E-state index in [-0.39, 0.29) is 0 Å². The summed E-state index contributed by atoms with van der Waals surface area (Å²) in [5.74, 6) is 1.01. The van der Waals surface area contributed by atoms with Crippen molar-refractivity contribution in [3.63, 3.8) is 0 Å². The molecule has 8 heteroatoms. The molecule has 0 unspecified atom stereocenters. The molecule has 0 N–H and O–H groups in total. The molecule has 3 aromatic heterocycles. The highest BCUT2D eigenvalue weighted by Gasteiger charge is 2.16. The summed E-state index contributed by atoms with van der Waals surface area (Å²) in [5.41, 5.74) is 3.81. The molecule has 7 nitrogen and oxygen atoms in total. The van der Waals surface area contributed by atoms with Crippen molar-refractivity contribution in [2.24, 2.45) is 0 Å². The fraction of sp³-hybridized carbons (Fsp3) is 0.0500. The van der Waals surface area contributed by atoms with Gasteiger partial charge in [-0.15, -0.1) is 10.2 Å². The maximum atomic E-state index is 5.88. The lowest BCUT2D eigenvalue weighted by atomic mass is 10.1. The van der Waals surface area contributed by atoms with Gasteiger partial charge in [0.2, 0.25) is 5.89 Å². The number of rotatable bonds is 4. The standard InChI is InChI=1S/C20H14N6OS/c1-13-7-5-6-10-15(13)18-24-25-20(27-18)28-17-11-16(14-8-3-2-4-9-14)23-19-21-12-22-26(17)19/h2-12H,1H3. The van der Waals surface area contributed by atoms with Crippen LogP contribution in [-0.2, 0) is 0 Å². The van der Waals surface area contributed by atoms with Crippen LogP contribution in [0.1, 0.15) is 5.56 Å².